The molecule has 9 nitrogen and oxygen atoms in total. The first kappa shape index (κ1) is 21.5. The van der Waals surface area contributed by atoms with E-state index in [1.165, 1.54) is 6.20 Å². The van der Waals surface area contributed by atoms with Crippen molar-refractivity contribution in [3.8, 4) is 17.7 Å². The minimum absolute atomic E-state index is 0.0605. The maximum atomic E-state index is 12.5. The fourth-order valence-electron chi connectivity index (χ4n) is 3.00. The van der Waals surface area contributed by atoms with Gasteiger partial charge in [0.15, 0.2) is 5.82 Å². The molecule has 0 aliphatic carbocycles. The van der Waals surface area contributed by atoms with Crippen LogP contribution in [0.1, 0.15) is 32.4 Å². The zero-order chi connectivity index (χ0) is 21.5. The number of nitriles is 1. The summed E-state index contributed by atoms with van der Waals surface area (Å²) >= 11 is 6.48. The zero-order valence-corrected chi connectivity index (χ0v) is 17.6. The molecule has 0 fully saturated rings. The number of carbonyl (C=O) groups is 1. The van der Waals surface area contributed by atoms with Gasteiger partial charge >= 0.3 is 6.03 Å². The molecule has 0 saturated carbocycles. The van der Waals surface area contributed by atoms with Crippen LogP contribution in [0.15, 0.2) is 18.3 Å². The Morgan fingerprint density at radius 1 is 1.20 bits per heavy atom. The third-order valence-electron chi connectivity index (χ3n) is 4.52. The van der Waals surface area contributed by atoms with E-state index < -0.39 is 6.03 Å². The van der Waals surface area contributed by atoms with E-state index in [0.29, 0.717) is 42.5 Å². The van der Waals surface area contributed by atoms with Gasteiger partial charge in [0.1, 0.15) is 11.8 Å². The van der Waals surface area contributed by atoms with Gasteiger partial charge in [-0.3, -0.25) is 5.32 Å². The summed E-state index contributed by atoms with van der Waals surface area (Å²) in [6.45, 7) is 6.45. The summed E-state index contributed by atoms with van der Waals surface area (Å²) in [7, 11) is 0. The van der Waals surface area contributed by atoms with Gasteiger partial charge in [-0.2, -0.15) is 10.2 Å². The van der Waals surface area contributed by atoms with Crippen LogP contribution in [0.3, 0.4) is 0 Å². The molecule has 2 heterocycles. The van der Waals surface area contributed by atoms with Gasteiger partial charge in [-0.25, -0.2) is 9.78 Å². The Morgan fingerprint density at radius 3 is 2.63 bits per heavy atom. The summed E-state index contributed by atoms with van der Waals surface area (Å²) in [5.41, 5.74) is 1.35. The van der Waals surface area contributed by atoms with Crippen LogP contribution in [0.2, 0.25) is 5.02 Å². The maximum Gasteiger partial charge on any atom is 0.325 e. The number of hydrogen-bond acceptors (Lipinski definition) is 7. The number of benzene rings is 1. The van der Waals surface area contributed by atoms with Crippen molar-refractivity contribution >= 4 is 34.8 Å². The lowest BCUT2D eigenvalue weighted by Gasteiger charge is -2.24. The van der Waals surface area contributed by atoms with Crippen LogP contribution in [-0.2, 0) is 0 Å². The fraction of sp³-hybridized carbons (Fsp3) is 0.400. The first-order chi connectivity index (χ1) is 14.5. The smallest absolute Gasteiger partial charge is 0.325 e. The molecule has 2 amide bonds. The summed E-state index contributed by atoms with van der Waals surface area (Å²) in [5.74, 6) is 0.772. The minimum atomic E-state index is -0.548. The van der Waals surface area contributed by atoms with Crippen LogP contribution in [0.4, 0.5) is 22.0 Å². The molecule has 1 aromatic carbocycles. The second-order valence-corrected chi connectivity index (χ2v) is 6.88. The Kier molecular flexibility index (Phi) is 7.14. The van der Waals surface area contributed by atoms with Gasteiger partial charge in [-0.1, -0.05) is 11.6 Å². The monoisotopic (exact) mass is 430 g/mol. The number of hydrogen-bond donors (Lipinski definition) is 2. The lowest BCUT2D eigenvalue weighted by atomic mass is 10.2. The zero-order valence-electron chi connectivity index (χ0n) is 16.9. The highest BCUT2D eigenvalue weighted by atomic mass is 35.5. The van der Waals surface area contributed by atoms with E-state index >= 15 is 0 Å². The molecule has 2 bridgehead atoms. The predicted octanol–water partition coefficient (Wildman–Crippen LogP) is 4.04. The minimum Gasteiger partial charge on any atom is -0.491 e. The van der Waals surface area contributed by atoms with Gasteiger partial charge in [-0.15, -0.1) is 0 Å². The van der Waals surface area contributed by atoms with Crippen molar-refractivity contribution in [1.82, 2.24) is 9.97 Å². The summed E-state index contributed by atoms with van der Waals surface area (Å²) in [4.78, 5) is 22.8. The number of nitrogens with zero attached hydrogens (tertiary/aromatic N) is 4. The van der Waals surface area contributed by atoms with Crippen molar-refractivity contribution in [2.45, 2.75) is 26.7 Å². The van der Waals surface area contributed by atoms with Crippen molar-refractivity contribution < 1.29 is 14.3 Å². The first-order valence-corrected chi connectivity index (χ1v) is 10.1. The van der Waals surface area contributed by atoms with Crippen LogP contribution in [-0.4, -0.2) is 42.3 Å². The second kappa shape index (κ2) is 9.98. The Morgan fingerprint density at radius 2 is 1.93 bits per heavy atom. The lowest BCUT2D eigenvalue weighted by Crippen LogP contribution is -2.23. The van der Waals surface area contributed by atoms with Crippen molar-refractivity contribution in [2.24, 2.45) is 0 Å². The molecule has 1 aliphatic heterocycles. The van der Waals surface area contributed by atoms with Gasteiger partial charge in [0, 0.05) is 19.2 Å². The third-order valence-corrected chi connectivity index (χ3v) is 4.83. The number of halogens is 1. The van der Waals surface area contributed by atoms with E-state index in [1.54, 1.807) is 6.07 Å². The summed E-state index contributed by atoms with van der Waals surface area (Å²) in [6.07, 6.45) is 2.71. The summed E-state index contributed by atoms with van der Waals surface area (Å²) < 4.78 is 11.5. The largest absolute Gasteiger partial charge is 0.491 e. The van der Waals surface area contributed by atoms with Gasteiger partial charge in [-0.05, 0) is 32.8 Å². The van der Waals surface area contributed by atoms with Crippen LogP contribution < -0.4 is 25.0 Å². The highest BCUT2D eigenvalue weighted by Gasteiger charge is 2.17. The molecule has 1 aliphatic rings. The Bertz CT molecular complexity index is 958. The number of amides is 2. The van der Waals surface area contributed by atoms with Crippen LogP contribution in [0.25, 0.3) is 0 Å². The summed E-state index contributed by atoms with van der Waals surface area (Å²) in [6, 6.07) is 4.89. The van der Waals surface area contributed by atoms with Crippen molar-refractivity contribution in [3.05, 3.63) is 29.0 Å². The number of ether oxygens (including phenoxy) is 2. The second-order valence-electron chi connectivity index (χ2n) is 6.48. The lowest BCUT2D eigenvalue weighted by molar-refractivity contribution is 0.257. The number of rotatable bonds is 3. The number of anilines is 3. The fourth-order valence-corrected chi connectivity index (χ4v) is 3.28. The number of carbonyl (C=O) groups excluding carboxylic acids is 1. The van der Waals surface area contributed by atoms with E-state index in [1.807, 2.05) is 26.0 Å². The Hall–Kier alpha value is -3.25. The van der Waals surface area contributed by atoms with Crippen LogP contribution in [0, 0.1) is 11.3 Å². The van der Waals surface area contributed by atoms with E-state index in [0.717, 1.165) is 18.8 Å². The van der Waals surface area contributed by atoms with Crippen LogP contribution in [0.5, 0.6) is 11.6 Å². The van der Waals surface area contributed by atoms with Gasteiger partial charge in [0.05, 0.1) is 35.8 Å². The molecule has 158 valence electrons. The number of fused-ring (bicyclic) bond motifs is 3. The molecule has 3 rings (SSSR count). The molecule has 2 N–H and O–H groups in total. The van der Waals surface area contributed by atoms with E-state index in [9.17, 15) is 4.79 Å². The Balaban J connectivity index is 1.93. The molecular weight excluding hydrogens is 408 g/mol. The maximum absolute atomic E-state index is 12.5. The molecule has 10 heteroatoms. The highest BCUT2D eigenvalue weighted by Crippen LogP contribution is 2.37. The number of nitrogens with one attached hydrogen (secondary N) is 2. The average molecular weight is 431 g/mol. The topological polar surface area (TPSA) is 112 Å². The molecule has 0 spiro atoms. The molecular formula is C20H23ClN6O3. The average Bonchev–Trinajstić information content (AvgIpc) is 2.73. The van der Waals surface area contributed by atoms with Crippen LogP contribution >= 0.6 is 11.6 Å². The standard InChI is InChI=1S/C20H23ClN6O3/c1-3-27(4-2)16-10-17-14(9-13(16)21)24-20(28)26-18-12-23-15(11-22)19(25-18)30-8-6-5-7-29-17/h9-10,12H,3-8H2,1-2H3,(H2,24,25,26,28). The molecule has 0 saturated heterocycles. The molecule has 0 radical (unpaired) electrons. The third kappa shape index (κ3) is 5.02. The molecule has 2 aromatic rings. The quantitative estimate of drug-likeness (QED) is 0.755. The summed E-state index contributed by atoms with van der Waals surface area (Å²) in [5, 5.41) is 15.0. The number of urea groups is 1. The normalized spacial score (nSPS) is 14.0. The van der Waals surface area contributed by atoms with Crippen molar-refractivity contribution in [2.75, 3.05) is 41.8 Å². The van der Waals surface area contributed by atoms with E-state index in [2.05, 4.69) is 25.5 Å². The van der Waals surface area contributed by atoms with Gasteiger partial charge in [0.25, 0.3) is 5.88 Å². The van der Waals surface area contributed by atoms with Gasteiger partial charge < -0.3 is 19.7 Å². The van der Waals surface area contributed by atoms with E-state index in [-0.39, 0.29) is 17.4 Å². The molecule has 0 atom stereocenters. The molecule has 30 heavy (non-hydrogen) atoms. The predicted molar refractivity (Wildman–Crippen MR) is 115 cm³/mol. The van der Waals surface area contributed by atoms with E-state index in [4.69, 9.17) is 26.3 Å². The molecule has 0 unspecified atom stereocenters. The number of aromatic nitrogens is 2. The Labute approximate surface area is 180 Å². The van der Waals surface area contributed by atoms with Crippen molar-refractivity contribution in [1.29, 1.82) is 5.26 Å². The molecule has 1 aromatic heterocycles. The highest BCUT2D eigenvalue weighted by molar-refractivity contribution is 6.33. The van der Waals surface area contributed by atoms with Crippen molar-refractivity contribution in [3.63, 3.8) is 0 Å². The SMILES string of the molecule is CCN(CC)c1cc2c(cc1Cl)NC(=O)Nc1cnc(C#N)c(n1)OCCCCO2. The van der Waals surface area contributed by atoms with Gasteiger partial charge in [0.2, 0.25) is 5.69 Å². The first-order valence-electron chi connectivity index (χ1n) is 9.74.